The zero-order valence-corrected chi connectivity index (χ0v) is 13.7. The zero-order valence-electron chi connectivity index (χ0n) is 12.2. The summed E-state index contributed by atoms with van der Waals surface area (Å²) >= 11 is 12.2. The second-order valence-electron chi connectivity index (χ2n) is 5.35. The summed E-state index contributed by atoms with van der Waals surface area (Å²) < 4.78 is 2.16. The van der Waals surface area contributed by atoms with Gasteiger partial charge in [-0.05, 0) is 23.8 Å². The first kappa shape index (κ1) is 14.5. The molecule has 0 radical (unpaired) electrons. The molecule has 1 aliphatic heterocycles. The van der Waals surface area contributed by atoms with E-state index in [1.165, 1.54) is 0 Å². The summed E-state index contributed by atoms with van der Waals surface area (Å²) in [6, 6.07) is 15.6. The molecule has 1 aliphatic rings. The van der Waals surface area contributed by atoms with Gasteiger partial charge in [0.05, 0.1) is 6.54 Å². The lowest BCUT2D eigenvalue weighted by atomic mass is 10.2. The van der Waals surface area contributed by atoms with Gasteiger partial charge in [-0.25, -0.2) is 4.98 Å². The minimum atomic E-state index is 0.610. The maximum atomic E-state index is 6.27. The summed E-state index contributed by atoms with van der Waals surface area (Å²) in [7, 11) is 0. The third kappa shape index (κ3) is 2.67. The van der Waals surface area contributed by atoms with Crippen molar-refractivity contribution >= 4 is 29.3 Å². The Morgan fingerprint density at radius 3 is 2.65 bits per heavy atom. The number of nitrogens with zero attached hydrogens (tertiary/aromatic N) is 3. The first-order valence-electron chi connectivity index (χ1n) is 7.35. The topological polar surface area (TPSA) is 30.2 Å². The third-order valence-corrected chi connectivity index (χ3v) is 4.40. The molecule has 3 aromatic rings. The van der Waals surface area contributed by atoms with Crippen LogP contribution in [0.5, 0.6) is 0 Å². The quantitative estimate of drug-likeness (QED) is 0.703. The van der Waals surface area contributed by atoms with Crippen LogP contribution in [0.1, 0.15) is 5.56 Å². The van der Waals surface area contributed by atoms with Crippen LogP contribution in [0.15, 0.2) is 53.5 Å². The van der Waals surface area contributed by atoms with E-state index in [4.69, 9.17) is 28.2 Å². The van der Waals surface area contributed by atoms with E-state index < -0.39 is 0 Å². The van der Waals surface area contributed by atoms with Crippen molar-refractivity contribution in [3.8, 4) is 11.4 Å². The van der Waals surface area contributed by atoms with Crippen molar-refractivity contribution in [2.24, 2.45) is 4.99 Å². The number of benzene rings is 2. The second kappa shape index (κ2) is 5.84. The summed E-state index contributed by atoms with van der Waals surface area (Å²) in [5.74, 6) is 0.943. The van der Waals surface area contributed by atoms with E-state index in [9.17, 15) is 0 Å². The summed E-state index contributed by atoms with van der Waals surface area (Å²) in [4.78, 5) is 9.37. The molecule has 0 N–H and O–H groups in total. The standard InChI is InChI=1S/C18H13Cl2N3/c19-14-7-6-13(15(20)11-14)10-16-18-21-8-9-23(18)17(22-16)12-4-2-1-3-5-12/h1-7,10-11H,8-9H2/b16-10+. The predicted molar refractivity (Wildman–Crippen MR) is 93.3 cm³/mol. The van der Waals surface area contributed by atoms with Gasteiger partial charge in [-0.3, -0.25) is 4.99 Å². The number of hydrogen-bond acceptors (Lipinski definition) is 2. The first-order chi connectivity index (χ1) is 11.2. The van der Waals surface area contributed by atoms with Crippen molar-refractivity contribution in [1.82, 2.24) is 9.55 Å². The highest BCUT2D eigenvalue weighted by Gasteiger charge is 2.14. The van der Waals surface area contributed by atoms with Gasteiger partial charge < -0.3 is 4.57 Å². The van der Waals surface area contributed by atoms with Gasteiger partial charge in [-0.2, -0.15) is 0 Å². The lowest BCUT2D eigenvalue weighted by Gasteiger charge is -2.01. The van der Waals surface area contributed by atoms with E-state index in [2.05, 4.69) is 21.7 Å². The van der Waals surface area contributed by atoms with Gasteiger partial charge in [-0.1, -0.05) is 59.6 Å². The van der Waals surface area contributed by atoms with Crippen LogP contribution in [-0.2, 0) is 6.54 Å². The van der Waals surface area contributed by atoms with E-state index in [1.807, 2.05) is 36.4 Å². The molecule has 0 bridgehead atoms. The minimum absolute atomic E-state index is 0.610. The molecule has 1 aromatic heterocycles. The largest absolute Gasteiger partial charge is 0.307 e. The van der Waals surface area contributed by atoms with Gasteiger partial charge in [0.15, 0.2) is 5.49 Å². The molecular weight excluding hydrogens is 329 g/mol. The molecule has 23 heavy (non-hydrogen) atoms. The molecule has 3 nitrogen and oxygen atoms in total. The number of imidazole rings is 1. The van der Waals surface area contributed by atoms with Crippen LogP contribution in [0.25, 0.3) is 17.5 Å². The lowest BCUT2D eigenvalue weighted by Crippen LogP contribution is -2.27. The SMILES string of the molecule is Clc1ccc(/C=c2/nc(-c3ccccc3)n3c2=NCC3)c(Cl)c1. The highest BCUT2D eigenvalue weighted by Crippen LogP contribution is 2.21. The van der Waals surface area contributed by atoms with Crippen LogP contribution in [0.4, 0.5) is 0 Å². The monoisotopic (exact) mass is 341 g/mol. The zero-order chi connectivity index (χ0) is 15.8. The van der Waals surface area contributed by atoms with Crippen molar-refractivity contribution in [2.45, 2.75) is 6.54 Å². The smallest absolute Gasteiger partial charge is 0.155 e. The highest BCUT2D eigenvalue weighted by molar-refractivity contribution is 6.35. The van der Waals surface area contributed by atoms with E-state index in [1.54, 1.807) is 6.07 Å². The summed E-state index contributed by atoms with van der Waals surface area (Å²) in [5, 5.41) is 2.07. The van der Waals surface area contributed by atoms with Crippen molar-refractivity contribution in [1.29, 1.82) is 0 Å². The molecule has 0 amide bonds. The van der Waals surface area contributed by atoms with E-state index in [0.29, 0.717) is 10.0 Å². The average molecular weight is 342 g/mol. The normalized spacial score (nSPS) is 13.9. The number of aromatic nitrogens is 2. The maximum absolute atomic E-state index is 6.27. The summed E-state index contributed by atoms with van der Waals surface area (Å²) in [5.41, 5.74) is 2.89. The van der Waals surface area contributed by atoms with Crippen molar-refractivity contribution in [3.63, 3.8) is 0 Å². The number of hydrogen-bond donors (Lipinski definition) is 0. The predicted octanol–water partition coefficient (Wildman–Crippen LogP) is 3.32. The molecule has 0 atom stereocenters. The maximum Gasteiger partial charge on any atom is 0.155 e. The Balaban J connectivity index is 1.92. The van der Waals surface area contributed by atoms with Crippen LogP contribution in [-0.4, -0.2) is 16.1 Å². The van der Waals surface area contributed by atoms with Crippen molar-refractivity contribution in [3.05, 3.63) is 75.0 Å². The Morgan fingerprint density at radius 2 is 1.87 bits per heavy atom. The van der Waals surface area contributed by atoms with Crippen molar-refractivity contribution < 1.29 is 0 Å². The summed E-state index contributed by atoms with van der Waals surface area (Å²) in [6.45, 7) is 1.64. The fraction of sp³-hybridized carbons (Fsp3) is 0.111. The van der Waals surface area contributed by atoms with Crippen LogP contribution in [0.3, 0.4) is 0 Å². The lowest BCUT2D eigenvalue weighted by molar-refractivity contribution is 0.767. The molecule has 0 spiro atoms. The van der Waals surface area contributed by atoms with Gasteiger partial charge >= 0.3 is 0 Å². The third-order valence-electron chi connectivity index (χ3n) is 3.84. The molecule has 0 aliphatic carbocycles. The Bertz CT molecular complexity index is 991. The summed E-state index contributed by atoms with van der Waals surface area (Å²) in [6.07, 6.45) is 1.96. The van der Waals surface area contributed by atoms with Crippen LogP contribution in [0.2, 0.25) is 10.0 Å². The van der Waals surface area contributed by atoms with E-state index >= 15 is 0 Å². The number of halogens is 2. The van der Waals surface area contributed by atoms with Gasteiger partial charge in [0.1, 0.15) is 11.2 Å². The highest BCUT2D eigenvalue weighted by atomic mass is 35.5. The fourth-order valence-corrected chi connectivity index (χ4v) is 3.23. The Kier molecular flexibility index (Phi) is 3.68. The Labute approximate surface area is 143 Å². The van der Waals surface area contributed by atoms with Gasteiger partial charge in [0.2, 0.25) is 0 Å². The van der Waals surface area contributed by atoms with E-state index in [0.717, 1.165) is 40.9 Å². The van der Waals surface area contributed by atoms with E-state index in [-0.39, 0.29) is 0 Å². The molecule has 0 saturated heterocycles. The van der Waals surface area contributed by atoms with Gasteiger partial charge in [-0.15, -0.1) is 0 Å². The van der Waals surface area contributed by atoms with Gasteiger partial charge in [0, 0.05) is 22.2 Å². The van der Waals surface area contributed by atoms with Crippen LogP contribution < -0.4 is 10.8 Å². The second-order valence-corrected chi connectivity index (χ2v) is 6.20. The van der Waals surface area contributed by atoms with Crippen LogP contribution in [0, 0.1) is 0 Å². The molecule has 4 rings (SSSR count). The Morgan fingerprint density at radius 1 is 1.04 bits per heavy atom. The molecule has 2 aromatic carbocycles. The van der Waals surface area contributed by atoms with Crippen LogP contribution >= 0.6 is 23.2 Å². The molecule has 114 valence electrons. The first-order valence-corrected chi connectivity index (χ1v) is 8.11. The molecule has 0 fully saturated rings. The minimum Gasteiger partial charge on any atom is -0.307 e. The molecule has 0 saturated carbocycles. The molecule has 2 heterocycles. The molecular formula is C18H13Cl2N3. The van der Waals surface area contributed by atoms with Gasteiger partial charge in [0.25, 0.3) is 0 Å². The Hall–Kier alpha value is -2.10. The van der Waals surface area contributed by atoms with Crippen molar-refractivity contribution in [2.75, 3.05) is 6.54 Å². The molecule has 0 unspecified atom stereocenters. The fourth-order valence-electron chi connectivity index (χ4n) is 2.77. The number of rotatable bonds is 2. The number of fused-ring (bicyclic) bond motifs is 1. The molecule has 5 heteroatoms. The average Bonchev–Trinajstić information content (AvgIpc) is 3.14.